The molecule has 0 aliphatic heterocycles. The molecule has 1 rings (SSSR count). The highest BCUT2D eigenvalue weighted by atomic mass is 16.5. The first-order valence-electron chi connectivity index (χ1n) is 5.95. The van der Waals surface area contributed by atoms with E-state index in [0.717, 1.165) is 12.8 Å². The van der Waals surface area contributed by atoms with E-state index in [9.17, 15) is 4.79 Å². The Bertz CT molecular complexity index is 341. The third-order valence-corrected chi connectivity index (χ3v) is 2.43. The summed E-state index contributed by atoms with van der Waals surface area (Å²) in [7, 11) is 0. The maximum Gasteiger partial charge on any atom is 0.329 e. The van der Waals surface area contributed by atoms with Crippen LogP contribution in [0.4, 0.5) is 0 Å². The van der Waals surface area contributed by atoms with Crippen LogP contribution in [0.1, 0.15) is 25.0 Å². The SMILES string of the molecule is CC(C)Cc1ccc(CCOCC(=O)O)cc1. The fourth-order valence-corrected chi connectivity index (χ4v) is 1.66. The lowest BCUT2D eigenvalue weighted by atomic mass is 10.0. The molecule has 17 heavy (non-hydrogen) atoms. The minimum Gasteiger partial charge on any atom is -0.480 e. The number of hydrogen-bond acceptors (Lipinski definition) is 2. The van der Waals surface area contributed by atoms with Gasteiger partial charge in [0.15, 0.2) is 0 Å². The molecule has 0 bridgehead atoms. The summed E-state index contributed by atoms with van der Waals surface area (Å²) in [6, 6.07) is 8.43. The summed E-state index contributed by atoms with van der Waals surface area (Å²) in [4.78, 5) is 10.2. The number of rotatable bonds is 7. The molecule has 0 unspecified atom stereocenters. The first-order chi connectivity index (χ1) is 8.08. The van der Waals surface area contributed by atoms with Crippen LogP contribution >= 0.6 is 0 Å². The second kappa shape index (κ2) is 7.07. The Morgan fingerprint density at radius 3 is 2.35 bits per heavy atom. The van der Waals surface area contributed by atoms with Crippen molar-refractivity contribution in [3.63, 3.8) is 0 Å². The van der Waals surface area contributed by atoms with Gasteiger partial charge in [-0.3, -0.25) is 0 Å². The van der Waals surface area contributed by atoms with Crippen LogP contribution in [-0.4, -0.2) is 24.3 Å². The predicted molar refractivity (Wildman–Crippen MR) is 67.1 cm³/mol. The van der Waals surface area contributed by atoms with Gasteiger partial charge in [0.2, 0.25) is 0 Å². The molecule has 0 saturated heterocycles. The van der Waals surface area contributed by atoms with E-state index in [1.54, 1.807) is 0 Å². The first kappa shape index (κ1) is 13.7. The van der Waals surface area contributed by atoms with Gasteiger partial charge in [-0.15, -0.1) is 0 Å². The number of carbonyl (C=O) groups is 1. The highest BCUT2D eigenvalue weighted by Gasteiger charge is 2.00. The predicted octanol–water partition coefficient (Wildman–Crippen LogP) is 2.53. The van der Waals surface area contributed by atoms with Gasteiger partial charge in [-0.1, -0.05) is 38.1 Å². The van der Waals surface area contributed by atoms with Crippen molar-refractivity contribution >= 4 is 5.97 Å². The second-order valence-corrected chi connectivity index (χ2v) is 4.61. The van der Waals surface area contributed by atoms with Crippen LogP contribution in [0.2, 0.25) is 0 Å². The molecule has 0 radical (unpaired) electrons. The number of aliphatic carboxylic acids is 1. The summed E-state index contributed by atoms with van der Waals surface area (Å²) in [5.41, 5.74) is 2.53. The molecule has 0 atom stereocenters. The second-order valence-electron chi connectivity index (χ2n) is 4.61. The van der Waals surface area contributed by atoms with Gasteiger partial charge in [0.1, 0.15) is 6.61 Å². The van der Waals surface area contributed by atoms with Gasteiger partial charge in [0.05, 0.1) is 6.61 Å². The lowest BCUT2D eigenvalue weighted by Gasteiger charge is -2.06. The summed E-state index contributed by atoms with van der Waals surface area (Å²) >= 11 is 0. The molecular formula is C14H20O3. The van der Waals surface area contributed by atoms with E-state index in [2.05, 4.69) is 38.1 Å². The van der Waals surface area contributed by atoms with E-state index in [1.807, 2.05) is 0 Å². The van der Waals surface area contributed by atoms with Crippen molar-refractivity contribution in [3.05, 3.63) is 35.4 Å². The number of carboxylic acids is 1. The highest BCUT2D eigenvalue weighted by molar-refractivity contribution is 5.67. The van der Waals surface area contributed by atoms with Crippen LogP contribution in [-0.2, 0) is 22.4 Å². The van der Waals surface area contributed by atoms with Gasteiger partial charge in [0.25, 0.3) is 0 Å². The van der Waals surface area contributed by atoms with Crippen LogP contribution < -0.4 is 0 Å². The number of hydrogen-bond donors (Lipinski definition) is 1. The van der Waals surface area contributed by atoms with Crippen LogP contribution in [0.3, 0.4) is 0 Å². The smallest absolute Gasteiger partial charge is 0.329 e. The molecule has 94 valence electrons. The molecule has 3 heteroatoms. The van der Waals surface area contributed by atoms with E-state index in [0.29, 0.717) is 12.5 Å². The summed E-state index contributed by atoms with van der Waals surface area (Å²) in [5.74, 6) is -0.253. The Morgan fingerprint density at radius 2 is 1.82 bits per heavy atom. The molecule has 1 aromatic carbocycles. The lowest BCUT2D eigenvalue weighted by molar-refractivity contribution is -0.142. The fourth-order valence-electron chi connectivity index (χ4n) is 1.66. The molecular weight excluding hydrogens is 216 g/mol. The maximum absolute atomic E-state index is 10.2. The van der Waals surface area contributed by atoms with Gasteiger partial charge in [-0.2, -0.15) is 0 Å². The molecule has 0 amide bonds. The van der Waals surface area contributed by atoms with Crippen molar-refractivity contribution in [2.24, 2.45) is 5.92 Å². The van der Waals surface area contributed by atoms with Crippen LogP contribution in [0.25, 0.3) is 0 Å². The van der Waals surface area contributed by atoms with Crippen molar-refractivity contribution in [1.29, 1.82) is 0 Å². The summed E-state index contributed by atoms with van der Waals surface area (Å²) in [5, 5.41) is 8.41. The van der Waals surface area contributed by atoms with Gasteiger partial charge in [-0.25, -0.2) is 4.79 Å². The van der Waals surface area contributed by atoms with Gasteiger partial charge in [0, 0.05) is 0 Å². The minimum absolute atomic E-state index is 0.217. The van der Waals surface area contributed by atoms with E-state index in [4.69, 9.17) is 9.84 Å². The average molecular weight is 236 g/mol. The number of carboxylic acid groups (broad SMARTS) is 1. The van der Waals surface area contributed by atoms with E-state index < -0.39 is 5.97 Å². The number of ether oxygens (including phenoxy) is 1. The minimum atomic E-state index is -0.919. The van der Waals surface area contributed by atoms with E-state index in [-0.39, 0.29) is 6.61 Å². The number of benzene rings is 1. The zero-order valence-electron chi connectivity index (χ0n) is 10.5. The van der Waals surface area contributed by atoms with Gasteiger partial charge < -0.3 is 9.84 Å². The van der Waals surface area contributed by atoms with Crippen molar-refractivity contribution in [2.75, 3.05) is 13.2 Å². The Balaban J connectivity index is 2.32. The first-order valence-corrected chi connectivity index (χ1v) is 5.95. The zero-order chi connectivity index (χ0) is 12.7. The molecule has 0 spiro atoms. The molecule has 0 aromatic heterocycles. The average Bonchev–Trinajstić information content (AvgIpc) is 2.25. The van der Waals surface area contributed by atoms with Crippen molar-refractivity contribution < 1.29 is 14.6 Å². The Morgan fingerprint density at radius 1 is 1.24 bits per heavy atom. The van der Waals surface area contributed by atoms with Crippen molar-refractivity contribution in [3.8, 4) is 0 Å². The largest absolute Gasteiger partial charge is 0.480 e. The molecule has 1 aromatic rings. The third-order valence-electron chi connectivity index (χ3n) is 2.43. The standard InChI is InChI=1S/C14H20O3/c1-11(2)9-13-5-3-12(4-6-13)7-8-17-10-14(15)16/h3-6,11H,7-10H2,1-2H3,(H,15,16). The third kappa shape index (κ3) is 6.07. The highest BCUT2D eigenvalue weighted by Crippen LogP contribution is 2.10. The van der Waals surface area contributed by atoms with Gasteiger partial charge >= 0.3 is 5.97 Å². The summed E-state index contributed by atoms with van der Waals surface area (Å²) in [6.45, 7) is 4.64. The van der Waals surface area contributed by atoms with Crippen LogP contribution in [0.5, 0.6) is 0 Å². The fraction of sp³-hybridized carbons (Fsp3) is 0.500. The molecule has 0 aliphatic carbocycles. The molecule has 1 N–H and O–H groups in total. The molecule has 3 nitrogen and oxygen atoms in total. The van der Waals surface area contributed by atoms with Crippen LogP contribution in [0.15, 0.2) is 24.3 Å². The monoisotopic (exact) mass is 236 g/mol. The molecule has 0 fully saturated rings. The van der Waals surface area contributed by atoms with Crippen LogP contribution in [0, 0.1) is 5.92 Å². The molecule has 0 saturated carbocycles. The normalized spacial score (nSPS) is 10.8. The van der Waals surface area contributed by atoms with Crippen molar-refractivity contribution in [1.82, 2.24) is 0 Å². The molecule has 0 aliphatic rings. The summed E-state index contributed by atoms with van der Waals surface area (Å²) < 4.78 is 4.99. The topological polar surface area (TPSA) is 46.5 Å². The maximum atomic E-state index is 10.2. The van der Waals surface area contributed by atoms with Crippen molar-refractivity contribution in [2.45, 2.75) is 26.7 Å². The van der Waals surface area contributed by atoms with Gasteiger partial charge in [-0.05, 0) is 29.9 Å². The Kier molecular flexibility index (Phi) is 5.70. The quantitative estimate of drug-likeness (QED) is 0.740. The Hall–Kier alpha value is -1.35. The lowest BCUT2D eigenvalue weighted by Crippen LogP contribution is -2.09. The zero-order valence-corrected chi connectivity index (χ0v) is 10.5. The summed E-state index contributed by atoms with van der Waals surface area (Å²) in [6.07, 6.45) is 1.85. The molecule has 0 heterocycles. The van der Waals surface area contributed by atoms with E-state index in [1.165, 1.54) is 11.1 Å². The Labute approximate surface area is 102 Å². The van der Waals surface area contributed by atoms with E-state index >= 15 is 0 Å².